The van der Waals surface area contributed by atoms with E-state index in [4.69, 9.17) is 4.74 Å². The minimum atomic E-state index is -0.0540. The summed E-state index contributed by atoms with van der Waals surface area (Å²) in [6, 6.07) is 4.07. The molecule has 4 heteroatoms. The number of ether oxygens (including phenoxy) is 1. The van der Waals surface area contributed by atoms with Gasteiger partial charge in [-0.25, -0.2) is 4.79 Å². The Morgan fingerprint density at radius 1 is 1.10 bits per heavy atom. The van der Waals surface area contributed by atoms with E-state index in [9.17, 15) is 4.79 Å². The van der Waals surface area contributed by atoms with Crippen LogP contribution in [0.3, 0.4) is 0 Å². The van der Waals surface area contributed by atoms with Crippen molar-refractivity contribution in [3.05, 3.63) is 28.8 Å². The number of nitrogens with one attached hydrogen (secondary N) is 1. The number of benzene rings is 1. The second-order valence-corrected chi connectivity index (χ2v) is 5.41. The highest BCUT2D eigenvalue weighted by molar-refractivity contribution is 5.74. The third kappa shape index (κ3) is 4.96. The smallest absolute Gasteiger partial charge is 0.320 e. The van der Waals surface area contributed by atoms with Crippen molar-refractivity contribution in [1.29, 1.82) is 0 Å². The van der Waals surface area contributed by atoms with Gasteiger partial charge in [0.2, 0.25) is 0 Å². The van der Waals surface area contributed by atoms with Gasteiger partial charge in [-0.1, -0.05) is 26.0 Å². The maximum atomic E-state index is 12.1. The number of amides is 2. The molecule has 118 valence electrons. The van der Waals surface area contributed by atoms with Crippen molar-refractivity contribution >= 4 is 6.03 Å². The molecule has 0 heterocycles. The Morgan fingerprint density at radius 3 is 2.24 bits per heavy atom. The van der Waals surface area contributed by atoms with Crippen LogP contribution in [0.2, 0.25) is 0 Å². The van der Waals surface area contributed by atoms with Crippen molar-refractivity contribution in [2.24, 2.45) is 0 Å². The molecular weight excluding hydrogens is 264 g/mol. The zero-order chi connectivity index (χ0) is 15.8. The van der Waals surface area contributed by atoms with Gasteiger partial charge in [0.25, 0.3) is 0 Å². The first kappa shape index (κ1) is 17.3. The van der Waals surface area contributed by atoms with Gasteiger partial charge >= 0.3 is 6.03 Å². The van der Waals surface area contributed by atoms with Crippen molar-refractivity contribution in [2.45, 2.75) is 47.5 Å². The Labute approximate surface area is 128 Å². The number of urea groups is 1. The molecule has 0 atom stereocenters. The van der Waals surface area contributed by atoms with Crippen LogP contribution < -0.4 is 10.1 Å². The highest BCUT2D eigenvalue weighted by atomic mass is 16.5. The molecule has 0 bridgehead atoms. The quantitative estimate of drug-likeness (QED) is 0.777. The fraction of sp³-hybridized carbons (Fsp3) is 0.588. The van der Waals surface area contributed by atoms with Crippen molar-refractivity contribution in [3.8, 4) is 5.75 Å². The summed E-state index contributed by atoms with van der Waals surface area (Å²) in [6.45, 7) is 12.0. The molecule has 0 radical (unpaired) electrons. The Hall–Kier alpha value is -1.71. The summed E-state index contributed by atoms with van der Waals surface area (Å²) >= 11 is 0. The van der Waals surface area contributed by atoms with E-state index in [0.29, 0.717) is 0 Å². The summed E-state index contributed by atoms with van der Waals surface area (Å²) in [5.41, 5.74) is 3.41. The minimum absolute atomic E-state index is 0.0540. The van der Waals surface area contributed by atoms with Gasteiger partial charge in [0.05, 0.1) is 0 Å². The third-order valence-electron chi connectivity index (χ3n) is 3.59. The minimum Gasteiger partial charge on any atom is -0.473 e. The SMILES string of the molecule is CCCN(CCC)C(=O)NCOc1c(C)ccc(C)c1C. The van der Waals surface area contributed by atoms with Crippen LogP contribution in [0.25, 0.3) is 0 Å². The van der Waals surface area contributed by atoms with E-state index in [0.717, 1.165) is 42.8 Å². The molecule has 2 amide bonds. The van der Waals surface area contributed by atoms with Crippen molar-refractivity contribution in [1.82, 2.24) is 10.2 Å². The topological polar surface area (TPSA) is 41.6 Å². The molecule has 0 unspecified atom stereocenters. The average Bonchev–Trinajstić information content (AvgIpc) is 2.46. The van der Waals surface area contributed by atoms with Gasteiger partial charge in [0, 0.05) is 13.1 Å². The molecule has 0 aliphatic rings. The first-order chi connectivity index (χ1) is 10.0. The molecule has 0 aliphatic carbocycles. The molecule has 0 aliphatic heterocycles. The largest absolute Gasteiger partial charge is 0.473 e. The van der Waals surface area contributed by atoms with Crippen LogP contribution in [0.15, 0.2) is 12.1 Å². The highest BCUT2D eigenvalue weighted by Gasteiger charge is 2.12. The molecule has 0 saturated heterocycles. The average molecular weight is 292 g/mol. The van der Waals surface area contributed by atoms with Crippen LogP contribution in [0.4, 0.5) is 4.79 Å². The molecule has 21 heavy (non-hydrogen) atoms. The van der Waals surface area contributed by atoms with Crippen LogP contribution in [0.1, 0.15) is 43.4 Å². The summed E-state index contributed by atoms with van der Waals surface area (Å²) in [6.07, 6.45) is 1.93. The lowest BCUT2D eigenvalue weighted by Crippen LogP contribution is -2.42. The van der Waals surface area contributed by atoms with E-state index in [-0.39, 0.29) is 12.8 Å². The van der Waals surface area contributed by atoms with Gasteiger partial charge in [-0.2, -0.15) is 0 Å². The molecule has 1 aromatic rings. The maximum Gasteiger partial charge on any atom is 0.320 e. The van der Waals surface area contributed by atoms with E-state index in [1.807, 2.05) is 24.8 Å². The molecule has 0 fully saturated rings. The molecule has 4 nitrogen and oxygen atoms in total. The molecule has 1 rings (SSSR count). The molecule has 0 aromatic heterocycles. The van der Waals surface area contributed by atoms with Gasteiger partial charge in [-0.3, -0.25) is 0 Å². The maximum absolute atomic E-state index is 12.1. The lowest BCUT2D eigenvalue weighted by Gasteiger charge is -2.22. The predicted molar refractivity (Wildman–Crippen MR) is 86.8 cm³/mol. The van der Waals surface area contributed by atoms with Crippen molar-refractivity contribution in [2.75, 3.05) is 19.8 Å². The summed E-state index contributed by atoms with van der Waals surface area (Å²) in [5.74, 6) is 0.868. The normalized spacial score (nSPS) is 10.3. The Morgan fingerprint density at radius 2 is 1.67 bits per heavy atom. The Bertz CT molecular complexity index is 466. The fourth-order valence-corrected chi connectivity index (χ4v) is 2.28. The number of nitrogens with zero attached hydrogens (tertiary/aromatic N) is 1. The zero-order valence-corrected chi connectivity index (χ0v) is 14.0. The van der Waals surface area contributed by atoms with Crippen LogP contribution in [0, 0.1) is 20.8 Å². The van der Waals surface area contributed by atoms with Gasteiger partial charge in [-0.15, -0.1) is 0 Å². The molecule has 0 saturated carbocycles. The molecular formula is C17H28N2O2. The van der Waals surface area contributed by atoms with Gasteiger partial charge in [0.1, 0.15) is 5.75 Å². The lowest BCUT2D eigenvalue weighted by atomic mass is 10.1. The molecule has 0 spiro atoms. The number of aryl methyl sites for hydroxylation is 2. The van der Waals surface area contributed by atoms with Crippen molar-refractivity contribution < 1.29 is 9.53 Å². The van der Waals surface area contributed by atoms with E-state index in [2.05, 4.69) is 32.2 Å². The Kier molecular flexibility index (Phi) is 7.06. The summed E-state index contributed by atoms with van der Waals surface area (Å²) in [4.78, 5) is 13.9. The van der Waals surface area contributed by atoms with E-state index in [1.54, 1.807) is 0 Å². The number of rotatable bonds is 7. The second kappa shape index (κ2) is 8.55. The molecule has 1 N–H and O–H groups in total. The van der Waals surface area contributed by atoms with Crippen LogP contribution in [0.5, 0.6) is 5.75 Å². The third-order valence-corrected chi connectivity index (χ3v) is 3.59. The first-order valence-electron chi connectivity index (χ1n) is 7.73. The Balaban J connectivity index is 2.57. The number of hydrogen-bond acceptors (Lipinski definition) is 2. The van der Waals surface area contributed by atoms with E-state index < -0.39 is 0 Å². The first-order valence-corrected chi connectivity index (χ1v) is 7.73. The van der Waals surface area contributed by atoms with Crippen molar-refractivity contribution in [3.63, 3.8) is 0 Å². The van der Waals surface area contributed by atoms with Crippen LogP contribution in [-0.2, 0) is 0 Å². The second-order valence-electron chi connectivity index (χ2n) is 5.41. The number of carbonyl (C=O) groups excluding carboxylic acids is 1. The predicted octanol–water partition coefficient (Wildman–Crippen LogP) is 3.78. The summed E-state index contributed by atoms with van der Waals surface area (Å²) in [5, 5.41) is 2.84. The standard InChI is InChI=1S/C17H28N2O2/c1-6-10-19(11-7-2)17(20)18-12-21-16-14(4)9-8-13(3)15(16)5/h8-9H,6-7,10-12H2,1-5H3,(H,18,20). The summed E-state index contributed by atoms with van der Waals surface area (Å²) < 4.78 is 5.77. The van der Waals surface area contributed by atoms with Crippen LogP contribution in [-0.4, -0.2) is 30.8 Å². The van der Waals surface area contributed by atoms with Gasteiger partial charge in [-0.05, 0) is 50.3 Å². The highest BCUT2D eigenvalue weighted by Crippen LogP contribution is 2.25. The zero-order valence-electron chi connectivity index (χ0n) is 14.0. The van der Waals surface area contributed by atoms with Crippen LogP contribution >= 0.6 is 0 Å². The summed E-state index contributed by atoms with van der Waals surface area (Å²) in [7, 11) is 0. The lowest BCUT2D eigenvalue weighted by molar-refractivity contribution is 0.184. The fourth-order valence-electron chi connectivity index (χ4n) is 2.28. The van der Waals surface area contributed by atoms with E-state index >= 15 is 0 Å². The number of carbonyl (C=O) groups is 1. The monoisotopic (exact) mass is 292 g/mol. The van der Waals surface area contributed by atoms with E-state index in [1.165, 1.54) is 5.56 Å². The van der Waals surface area contributed by atoms with Gasteiger partial charge < -0.3 is 15.0 Å². The van der Waals surface area contributed by atoms with Gasteiger partial charge in [0.15, 0.2) is 6.73 Å². The molecule has 1 aromatic carbocycles. The number of hydrogen-bond donors (Lipinski definition) is 1.